The van der Waals surface area contributed by atoms with Gasteiger partial charge in [0.05, 0.1) is 17.8 Å². The Bertz CT molecular complexity index is 1600. The average molecular weight is 545 g/mol. The second-order valence-corrected chi connectivity index (χ2v) is 11.4. The summed E-state index contributed by atoms with van der Waals surface area (Å²) in [5, 5.41) is 4.82. The molecule has 0 unspecified atom stereocenters. The number of aromatic nitrogens is 5. The third kappa shape index (κ3) is 5.42. The molecule has 1 aliphatic rings. The van der Waals surface area contributed by atoms with Crippen LogP contribution in [0.1, 0.15) is 32.2 Å². The largest absolute Gasteiger partial charge is 0.444 e. The van der Waals surface area contributed by atoms with Gasteiger partial charge in [-0.2, -0.15) is 0 Å². The van der Waals surface area contributed by atoms with E-state index in [4.69, 9.17) is 20.6 Å². The van der Waals surface area contributed by atoms with Crippen molar-refractivity contribution in [1.82, 2.24) is 33.9 Å². The number of carbonyl (C=O) groups excluding carboxylic acids is 1. The van der Waals surface area contributed by atoms with E-state index in [0.29, 0.717) is 36.5 Å². The molecule has 4 aromatic rings. The fraction of sp³-hybridized carbons (Fsp3) is 0.414. The number of ether oxygens (including phenoxy) is 1. The molecule has 40 heavy (non-hydrogen) atoms. The molecule has 11 heteroatoms. The predicted molar refractivity (Wildman–Crippen MR) is 154 cm³/mol. The highest BCUT2D eigenvalue weighted by molar-refractivity contribution is 5.90. The van der Waals surface area contributed by atoms with Crippen LogP contribution >= 0.6 is 0 Å². The molecular formula is C29H36N8O3. The van der Waals surface area contributed by atoms with Crippen molar-refractivity contribution in [2.45, 2.75) is 52.8 Å². The van der Waals surface area contributed by atoms with Gasteiger partial charge >= 0.3 is 11.8 Å². The molecule has 1 aromatic carbocycles. The van der Waals surface area contributed by atoms with Crippen molar-refractivity contribution < 1.29 is 9.53 Å². The normalized spacial score (nSPS) is 16.4. The fourth-order valence-electron chi connectivity index (χ4n) is 5.11. The van der Waals surface area contributed by atoms with E-state index < -0.39 is 5.60 Å². The van der Waals surface area contributed by atoms with Gasteiger partial charge in [0.2, 0.25) is 5.95 Å². The van der Waals surface area contributed by atoms with Gasteiger partial charge in [0.15, 0.2) is 5.65 Å². The van der Waals surface area contributed by atoms with Gasteiger partial charge in [0.1, 0.15) is 5.60 Å². The smallest absolute Gasteiger partial charge is 0.410 e. The summed E-state index contributed by atoms with van der Waals surface area (Å²) in [5.41, 5.74) is 10.6. The molecule has 11 nitrogen and oxygen atoms in total. The van der Waals surface area contributed by atoms with E-state index in [1.807, 2.05) is 84.1 Å². The summed E-state index contributed by atoms with van der Waals surface area (Å²) in [5.74, 6) is 0.0590. The molecule has 1 fully saturated rings. The van der Waals surface area contributed by atoms with Gasteiger partial charge < -0.3 is 15.4 Å². The number of hydrogen-bond acceptors (Lipinski definition) is 8. The molecule has 0 saturated carbocycles. The van der Waals surface area contributed by atoms with Gasteiger partial charge in [0.25, 0.3) is 0 Å². The molecule has 1 atom stereocenters. The molecule has 4 heterocycles. The number of nitrogens with two attached hydrogens (primary N) is 1. The summed E-state index contributed by atoms with van der Waals surface area (Å²) in [6, 6.07) is 13.5. The molecule has 1 saturated heterocycles. The van der Waals surface area contributed by atoms with E-state index in [-0.39, 0.29) is 30.3 Å². The molecule has 1 aliphatic heterocycles. The van der Waals surface area contributed by atoms with Crippen LogP contribution in [0.4, 0.5) is 10.7 Å². The average Bonchev–Trinajstić information content (AvgIpc) is 3.20. The van der Waals surface area contributed by atoms with Crippen molar-refractivity contribution >= 4 is 17.7 Å². The van der Waals surface area contributed by atoms with Gasteiger partial charge in [-0.3, -0.25) is 9.88 Å². The highest BCUT2D eigenvalue weighted by atomic mass is 16.6. The van der Waals surface area contributed by atoms with Crippen molar-refractivity contribution in [3.8, 4) is 22.4 Å². The van der Waals surface area contributed by atoms with Crippen molar-refractivity contribution in [3.63, 3.8) is 0 Å². The molecule has 3 aromatic heterocycles. The minimum Gasteiger partial charge on any atom is -0.444 e. The SMILES string of the molecule is Cc1cc(-c2c(-c3ccccc3)nc(N)n3c(=O)n(C[C@@H]4CN(C(=O)OC(C)(C)C)CCN4C)nc23)cc(C)n1. The van der Waals surface area contributed by atoms with Gasteiger partial charge in [0, 0.05) is 42.6 Å². The van der Waals surface area contributed by atoms with E-state index in [9.17, 15) is 9.59 Å². The van der Waals surface area contributed by atoms with Crippen LogP contribution in [0.15, 0.2) is 47.3 Å². The summed E-state index contributed by atoms with van der Waals surface area (Å²) < 4.78 is 8.37. The van der Waals surface area contributed by atoms with Crippen LogP contribution in [-0.4, -0.2) is 78.4 Å². The number of fused-ring (bicyclic) bond motifs is 1. The lowest BCUT2D eigenvalue weighted by Gasteiger charge is -2.39. The molecule has 1 amide bonds. The standard InChI is InChI=1S/C29H36N8O3/c1-18-14-21(15-19(2)31-18)23-24(20-10-8-7-9-11-20)32-26(30)37-25(23)33-36(27(37)38)17-22-16-35(13-12-34(22)6)28(39)40-29(3,4)5/h7-11,14-15,22H,12-13,16-17H2,1-6H3,(H2,30,32)/t22-/m0/s1. The van der Waals surface area contributed by atoms with Crippen LogP contribution in [0.2, 0.25) is 0 Å². The molecule has 0 radical (unpaired) electrons. The van der Waals surface area contributed by atoms with Crippen LogP contribution in [-0.2, 0) is 11.3 Å². The highest BCUT2D eigenvalue weighted by Gasteiger charge is 2.32. The first-order chi connectivity index (χ1) is 18.9. The highest BCUT2D eigenvalue weighted by Crippen LogP contribution is 2.34. The maximum absolute atomic E-state index is 13.7. The first-order valence-corrected chi connectivity index (χ1v) is 13.4. The lowest BCUT2D eigenvalue weighted by Crippen LogP contribution is -2.56. The Morgan fingerprint density at radius 2 is 1.73 bits per heavy atom. The lowest BCUT2D eigenvalue weighted by atomic mass is 9.99. The number of nitrogen functional groups attached to an aromatic ring is 1. The number of amides is 1. The van der Waals surface area contributed by atoms with Gasteiger partial charge in [-0.25, -0.2) is 23.7 Å². The maximum atomic E-state index is 13.7. The molecule has 210 valence electrons. The fourth-order valence-corrected chi connectivity index (χ4v) is 5.11. The van der Waals surface area contributed by atoms with E-state index >= 15 is 0 Å². The van der Waals surface area contributed by atoms with E-state index in [1.165, 1.54) is 9.08 Å². The molecular weight excluding hydrogens is 508 g/mol. The maximum Gasteiger partial charge on any atom is 0.410 e. The molecule has 0 aliphatic carbocycles. The Hall–Kier alpha value is -4.25. The van der Waals surface area contributed by atoms with Gasteiger partial charge in [-0.1, -0.05) is 30.3 Å². The number of carbonyl (C=O) groups is 1. The minimum atomic E-state index is -0.588. The van der Waals surface area contributed by atoms with Crippen molar-refractivity contribution in [3.05, 3.63) is 64.3 Å². The number of anilines is 1. The van der Waals surface area contributed by atoms with Gasteiger partial charge in [-0.05, 0) is 59.4 Å². The summed E-state index contributed by atoms with van der Waals surface area (Å²) >= 11 is 0. The number of hydrogen-bond donors (Lipinski definition) is 1. The van der Waals surface area contributed by atoms with Crippen LogP contribution < -0.4 is 11.4 Å². The minimum absolute atomic E-state index is 0.0590. The first-order valence-electron chi connectivity index (χ1n) is 13.4. The predicted octanol–water partition coefficient (Wildman–Crippen LogP) is 3.37. The number of likely N-dealkylation sites (N-methyl/N-ethyl adjacent to an activating group) is 1. The number of piperazine rings is 1. The van der Waals surface area contributed by atoms with Crippen LogP contribution in [0.5, 0.6) is 0 Å². The second kappa shape index (κ2) is 10.4. The molecule has 2 N–H and O–H groups in total. The topological polar surface area (TPSA) is 124 Å². The summed E-state index contributed by atoms with van der Waals surface area (Å²) in [7, 11) is 1.98. The quantitative estimate of drug-likeness (QED) is 0.415. The van der Waals surface area contributed by atoms with Crippen LogP contribution in [0, 0.1) is 13.8 Å². The van der Waals surface area contributed by atoms with Crippen molar-refractivity contribution in [2.75, 3.05) is 32.4 Å². The number of aryl methyl sites for hydroxylation is 2. The number of rotatable bonds is 4. The Kier molecular flexibility index (Phi) is 7.09. The second-order valence-electron chi connectivity index (χ2n) is 11.4. The Morgan fingerprint density at radius 1 is 1.05 bits per heavy atom. The summed E-state index contributed by atoms with van der Waals surface area (Å²) in [4.78, 5) is 39.5. The van der Waals surface area contributed by atoms with Gasteiger partial charge in [-0.15, -0.1) is 5.10 Å². The molecule has 5 rings (SSSR count). The zero-order valence-corrected chi connectivity index (χ0v) is 23.9. The van der Waals surface area contributed by atoms with E-state index in [2.05, 4.69) is 9.88 Å². The zero-order valence-electron chi connectivity index (χ0n) is 23.9. The Morgan fingerprint density at radius 3 is 2.38 bits per heavy atom. The lowest BCUT2D eigenvalue weighted by molar-refractivity contribution is 0.00543. The monoisotopic (exact) mass is 544 g/mol. The summed E-state index contributed by atoms with van der Waals surface area (Å²) in [6.07, 6.45) is -0.361. The molecule has 0 bridgehead atoms. The third-order valence-electron chi connectivity index (χ3n) is 6.99. The van der Waals surface area contributed by atoms with Crippen molar-refractivity contribution in [2.24, 2.45) is 0 Å². The number of nitrogens with zero attached hydrogens (tertiary/aromatic N) is 7. The summed E-state index contributed by atoms with van der Waals surface area (Å²) in [6.45, 7) is 11.3. The molecule has 0 spiro atoms. The van der Waals surface area contributed by atoms with Crippen LogP contribution in [0.3, 0.4) is 0 Å². The third-order valence-corrected chi connectivity index (χ3v) is 6.99. The number of benzene rings is 1. The number of pyridine rings is 1. The van der Waals surface area contributed by atoms with Crippen molar-refractivity contribution in [1.29, 1.82) is 0 Å². The Labute approximate surface area is 233 Å². The Balaban J connectivity index is 1.60. The first kappa shape index (κ1) is 27.3. The van der Waals surface area contributed by atoms with E-state index in [0.717, 1.165) is 22.5 Å². The zero-order chi connectivity index (χ0) is 28.8. The van der Waals surface area contributed by atoms with Crippen LogP contribution in [0.25, 0.3) is 28.0 Å². The van der Waals surface area contributed by atoms with E-state index in [1.54, 1.807) is 4.90 Å².